The van der Waals surface area contributed by atoms with Gasteiger partial charge in [-0.2, -0.15) is 5.10 Å². The zero-order chi connectivity index (χ0) is 10.3. The first-order chi connectivity index (χ1) is 7.34. The van der Waals surface area contributed by atoms with Crippen LogP contribution in [0.4, 0.5) is 0 Å². The highest BCUT2D eigenvalue weighted by atomic mass is 32.2. The molecule has 15 heavy (non-hydrogen) atoms. The van der Waals surface area contributed by atoms with Crippen molar-refractivity contribution in [1.29, 1.82) is 0 Å². The number of carbonyl (C=O) groups excluding carboxylic acids is 1. The molecule has 0 saturated carbocycles. The lowest BCUT2D eigenvalue weighted by Crippen LogP contribution is -2.19. The summed E-state index contributed by atoms with van der Waals surface area (Å²) in [5, 5.41) is 6.17. The van der Waals surface area contributed by atoms with E-state index in [9.17, 15) is 4.79 Å². The number of hydrogen-bond acceptors (Lipinski definition) is 5. The summed E-state index contributed by atoms with van der Waals surface area (Å²) in [7, 11) is 0. The summed E-state index contributed by atoms with van der Waals surface area (Å²) in [6, 6.07) is 2.01. The van der Waals surface area contributed by atoms with E-state index in [-0.39, 0.29) is 5.78 Å². The molecule has 3 nitrogen and oxygen atoms in total. The van der Waals surface area contributed by atoms with Gasteiger partial charge in [-0.3, -0.25) is 4.79 Å². The molecular weight excluding hydrogens is 228 g/mol. The number of ketones is 1. The average Bonchev–Trinajstić information content (AvgIpc) is 2.74. The van der Waals surface area contributed by atoms with E-state index in [1.165, 1.54) is 11.3 Å². The minimum Gasteiger partial charge on any atom is -0.293 e. The van der Waals surface area contributed by atoms with Crippen molar-refractivity contribution in [3.8, 4) is 0 Å². The third-order valence-electron chi connectivity index (χ3n) is 2.34. The van der Waals surface area contributed by atoms with Crippen molar-refractivity contribution >= 4 is 40.2 Å². The van der Waals surface area contributed by atoms with Gasteiger partial charge in [0.2, 0.25) is 0 Å². The number of hydrogen-bond donors (Lipinski definition) is 0. The van der Waals surface area contributed by atoms with Gasteiger partial charge in [-0.05, 0) is 17.5 Å². The molecule has 0 radical (unpaired) electrons. The maximum atomic E-state index is 11.8. The third-order valence-corrected chi connectivity index (χ3v) is 4.33. The molecule has 1 aromatic rings. The summed E-state index contributed by atoms with van der Waals surface area (Å²) in [4.78, 5) is 13.9. The van der Waals surface area contributed by atoms with E-state index in [1.807, 2.05) is 21.9 Å². The van der Waals surface area contributed by atoms with Gasteiger partial charge < -0.3 is 0 Å². The lowest BCUT2D eigenvalue weighted by atomic mass is 10.1. The summed E-state index contributed by atoms with van der Waals surface area (Å²) >= 11 is 3.14. The van der Waals surface area contributed by atoms with Crippen molar-refractivity contribution in [3.05, 3.63) is 28.0 Å². The average molecular weight is 236 g/mol. The number of thiophene rings is 1. The van der Waals surface area contributed by atoms with Crippen LogP contribution in [0.5, 0.6) is 0 Å². The Hall–Kier alpha value is -1.07. The van der Waals surface area contributed by atoms with Crippen LogP contribution in [-0.4, -0.2) is 23.0 Å². The highest BCUT2D eigenvalue weighted by Crippen LogP contribution is 2.38. The van der Waals surface area contributed by atoms with Gasteiger partial charge in [0, 0.05) is 35.1 Å². The van der Waals surface area contributed by atoms with Crippen molar-refractivity contribution in [1.82, 2.24) is 4.41 Å². The molecule has 0 aliphatic carbocycles. The molecule has 0 atom stereocenters. The summed E-state index contributed by atoms with van der Waals surface area (Å²) in [5.41, 5.74) is 1.06. The number of rotatable bonds is 0. The molecule has 76 valence electrons. The van der Waals surface area contributed by atoms with Crippen LogP contribution in [-0.2, 0) is 0 Å². The normalized spacial score (nSPS) is 19.3. The largest absolute Gasteiger partial charge is 0.293 e. The fourth-order valence-electron chi connectivity index (χ4n) is 1.62. The third kappa shape index (κ3) is 1.52. The minimum absolute atomic E-state index is 0.230. The summed E-state index contributed by atoms with van der Waals surface area (Å²) in [6.45, 7) is 0.689. The van der Waals surface area contributed by atoms with E-state index >= 15 is 0 Å². The Kier molecular flexibility index (Phi) is 2.14. The molecule has 0 amide bonds. The second-order valence-corrected chi connectivity index (χ2v) is 5.26. The summed E-state index contributed by atoms with van der Waals surface area (Å²) < 4.78 is 1.87. The first kappa shape index (κ1) is 9.18. The maximum absolute atomic E-state index is 11.8. The lowest BCUT2D eigenvalue weighted by Gasteiger charge is -2.23. The Morgan fingerprint density at radius 3 is 3.33 bits per heavy atom. The van der Waals surface area contributed by atoms with Crippen LogP contribution >= 0.6 is 23.3 Å². The highest BCUT2D eigenvalue weighted by Gasteiger charge is 2.23. The predicted octanol–water partition coefficient (Wildman–Crippen LogP) is 2.63. The zero-order valence-corrected chi connectivity index (χ0v) is 9.48. The van der Waals surface area contributed by atoms with Crippen LogP contribution in [0.3, 0.4) is 0 Å². The monoisotopic (exact) mass is 236 g/mol. The van der Waals surface area contributed by atoms with E-state index in [4.69, 9.17) is 0 Å². The molecule has 0 N–H and O–H groups in total. The summed E-state index contributed by atoms with van der Waals surface area (Å²) in [5.74, 6) is 0.230. The number of nitrogens with zero attached hydrogens (tertiary/aromatic N) is 2. The van der Waals surface area contributed by atoms with Crippen LogP contribution in [0, 0.1) is 0 Å². The molecule has 0 spiro atoms. The topological polar surface area (TPSA) is 32.7 Å². The maximum Gasteiger partial charge on any atom is 0.175 e. The number of carbonyl (C=O) groups is 1. The van der Waals surface area contributed by atoms with Crippen molar-refractivity contribution < 1.29 is 4.79 Å². The fraction of sp³-hybridized carbons (Fsp3) is 0.200. The van der Waals surface area contributed by atoms with Gasteiger partial charge in [0.25, 0.3) is 0 Å². The number of hydrazone groups is 1. The van der Waals surface area contributed by atoms with Gasteiger partial charge in [-0.15, -0.1) is 11.3 Å². The SMILES string of the molecule is O=C1CCN2N=CC=C(S2)c2ccsc21. The quantitative estimate of drug-likeness (QED) is 0.649. The first-order valence-corrected chi connectivity index (χ1v) is 6.31. The smallest absolute Gasteiger partial charge is 0.175 e. The number of allylic oxidation sites excluding steroid dienone is 1. The molecule has 3 heterocycles. The van der Waals surface area contributed by atoms with E-state index in [2.05, 4.69) is 5.10 Å². The van der Waals surface area contributed by atoms with E-state index < -0.39 is 0 Å². The minimum atomic E-state index is 0.230. The molecule has 1 aromatic heterocycles. The molecule has 0 saturated heterocycles. The second kappa shape index (κ2) is 3.50. The second-order valence-electron chi connectivity index (χ2n) is 3.30. The van der Waals surface area contributed by atoms with E-state index in [1.54, 1.807) is 18.2 Å². The Balaban J connectivity index is 2.15. The molecule has 2 aliphatic rings. The highest BCUT2D eigenvalue weighted by molar-refractivity contribution is 8.06. The van der Waals surface area contributed by atoms with Crippen LogP contribution in [0.2, 0.25) is 0 Å². The molecule has 0 fully saturated rings. The Morgan fingerprint density at radius 1 is 1.47 bits per heavy atom. The molecule has 3 rings (SSSR count). The van der Waals surface area contributed by atoms with Gasteiger partial charge in [0.1, 0.15) is 0 Å². The molecule has 5 heteroatoms. The van der Waals surface area contributed by atoms with Gasteiger partial charge in [-0.25, -0.2) is 4.41 Å². The Labute approximate surface area is 95.6 Å². The lowest BCUT2D eigenvalue weighted by molar-refractivity contribution is 0.0980. The molecule has 2 bridgehead atoms. The van der Waals surface area contributed by atoms with Gasteiger partial charge in [0.05, 0.1) is 11.4 Å². The van der Waals surface area contributed by atoms with Gasteiger partial charge in [0.15, 0.2) is 5.78 Å². The Bertz CT molecular complexity index is 476. The van der Waals surface area contributed by atoms with E-state index in [0.29, 0.717) is 13.0 Å². The van der Waals surface area contributed by atoms with Gasteiger partial charge in [-0.1, -0.05) is 0 Å². The van der Waals surface area contributed by atoms with Crippen molar-refractivity contribution in [3.63, 3.8) is 0 Å². The molecule has 0 unspecified atom stereocenters. The van der Waals surface area contributed by atoms with Crippen LogP contribution < -0.4 is 0 Å². The molecule has 0 aromatic carbocycles. The van der Waals surface area contributed by atoms with Crippen molar-refractivity contribution in [2.45, 2.75) is 6.42 Å². The number of Topliss-reactive ketones (excluding diaryl/α,β-unsaturated/α-hetero) is 1. The van der Waals surface area contributed by atoms with Gasteiger partial charge >= 0.3 is 0 Å². The zero-order valence-electron chi connectivity index (χ0n) is 7.84. The standard InChI is InChI=1S/C10H8N2OS2/c13-8-2-5-12-11-4-1-9(15-12)7-3-6-14-10(7)8/h1,3-4,6H,2,5H2. The number of fused-ring (bicyclic) bond motifs is 4. The molecular formula is C10H8N2OS2. The fourth-order valence-corrected chi connectivity index (χ4v) is 3.46. The van der Waals surface area contributed by atoms with Crippen LogP contribution in [0.1, 0.15) is 21.7 Å². The van der Waals surface area contributed by atoms with E-state index in [0.717, 1.165) is 15.3 Å². The van der Waals surface area contributed by atoms with Crippen molar-refractivity contribution in [2.75, 3.05) is 6.54 Å². The van der Waals surface area contributed by atoms with Crippen LogP contribution in [0.15, 0.2) is 22.6 Å². The summed E-state index contributed by atoms with van der Waals surface area (Å²) in [6.07, 6.45) is 4.31. The van der Waals surface area contributed by atoms with Crippen LogP contribution in [0.25, 0.3) is 4.91 Å². The Morgan fingerprint density at radius 2 is 2.40 bits per heavy atom. The first-order valence-electron chi connectivity index (χ1n) is 4.65. The molecule has 2 aliphatic heterocycles. The predicted molar refractivity (Wildman–Crippen MR) is 64.0 cm³/mol. The van der Waals surface area contributed by atoms with Crippen molar-refractivity contribution in [2.24, 2.45) is 5.10 Å².